The van der Waals surface area contributed by atoms with Crippen molar-refractivity contribution in [2.45, 2.75) is 13.0 Å². The molecule has 1 atom stereocenters. The van der Waals surface area contributed by atoms with Crippen LogP contribution in [-0.2, 0) is 4.79 Å². The van der Waals surface area contributed by atoms with Crippen LogP contribution in [0.15, 0.2) is 18.2 Å². The second-order valence-electron chi connectivity index (χ2n) is 4.37. The third-order valence-corrected chi connectivity index (χ3v) is 3.20. The third-order valence-electron chi connectivity index (χ3n) is 3.20. The number of piperazine rings is 1. The van der Waals surface area contributed by atoms with E-state index in [1.165, 1.54) is 13.2 Å². The van der Waals surface area contributed by atoms with Gasteiger partial charge in [0.15, 0.2) is 11.6 Å². The summed E-state index contributed by atoms with van der Waals surface area (Å²) in [4.78, 5) is 13.1. The van der Waals surface area contributed by atoms with Crippen LogP contribution in [0.25, 0.3) is 0 Å². The van der Waals surface area contributed by atoms with Gasteiger partial charge in [0.2, 0.25) is 5.91 Å². The van der Waals surface area contributed by atoms with Crippen LogP contribution in [0.1, 0.15) is 18.5 Å². The number of nitrogens with zero attached hydrogens (tertiary/aromatic N) is 1. The molecule has 5 heteroatoms. The molecule has 1 heterocycles. The number of amides is 1. The van der Waals surface area contributed by atoms with Crippen molar-refractivity contribution in [1.82, 2.24) is 10.2 Å². The first-order valence-corrected chi connectivity index (χ1v) is 5.94. The molecule has 18 heavy (non-hydrogen) atoms. The summed E-state index contributed by atoms with van der Waals surface area (Å²) in [5.74, 6) is -0.0924. The fourth-order valence-corrected chi connectivity index (χ4v) is 2.16. The molecule has 1 aliphatic heterocycles. The Morgan fingerprint density at radius 2 is 2.33 bits per heavy atom. The highest BCUT2D eigenvalue weighted by Gasteiger charge is 2.22. The number of carbonyl (C=O) groups excluding carboxylic acids is 1. The van der Waals surface area contributed by atoms with E-state index in [-0.39, 0.29) is 23.5 Å². The zero-order valence-electron chi connectivity index (χ0n) is 10.6. The van der Waals surface area contributed by atoms with Crippen LogP contribution >= 0.6 is 0 Å². The fraction of sp³-hybridized carbons (Fsp3) is 0.462. The molecule has 4 nitrogen and oxygen atoms in total. The number of methoxy groups -OCH3 is 1. The van der Waals surface area contributed by atoms with Crippen molar-refractivity contribution in [3.63, 3.8) is 0 Å². The number of nitrogens with one attached hydrogen (secondary N) is 1. The zero-order chi connectivity index (χ0) is 13.1. The lowest BCUT2D eigenvalue weighted by molar-refractivity contribution is -0.130. The summed E-state index contributed by atoms with van der Waals surface area (Å²) in [6.45, 7) is 3.54. The standard InChI is InChI=1S/C13H17FN2O2/c1-9(17)16-6-5-15-12(8-16)10-3-4-13(18-2)11(14)7-10/h3-4,7,12,15H,5-6,8H2,1-2H3. The van der Waals surface area contributed by atoms with Crippen molar-refractivity contribution in [3.05, 3.63) is 29.6 Å². The van der Waals surface area contributed by atoms with E-state index in [9.17, 15) is 9.18 Å². The van der Waals surface area contributed by atoms with Gasteiger partial charge in [0, 0.05) is 26.6 Å². The van der Waals surface area contributed by atoms with Crippen molar-refractivity contribution in [2.24, 2.45) is 0 Å². The molecule has 1 unspecified atom stereocenters. The minimum atomic E-state index is -0.378. The maximum absolute atomic E-state index is 13.6. The van der Waals surface area contributed by atoms with Gasteiger partial charge in [-0.1, -0.05) is 6.07 Å². The summed E-state index contributed by atoms with van der Waals surface area (Å²) in [6.07, 6.45) is 0. The summed E-state index contributed by atoms with van der Waals surface area (Å²) in [5.41, 5.74) is 0.833. The average Bonchev–Trinajstić information content (AvgIpc) is 2.38. The van der Waals surface area contributed by atoms with Crippen molar-refractivity contribution < 1.29 is 13.9 Å². The first-order valence-electron chi connectivity index (χ1n) is 5.94. The number of halogens is 1. The van der Waals surface area contributed by atoms with E-state index in [0.717, 1.165) is 12.1 Å². The quantitative estimate of drug-likeness (QED) is 0.863. The zero-order valence-corrected chi connectivity index (χ0v) is 10.6. The van der Waals surface area contributed by atoms with Crippen molar-refractivity contribution in [2.75, 3.05) is 26.7 Å². The Balaban J connectivity index is 2.16. The number of carbonyl (C=O) groups is 1. The number of ether oxygens (including phenoxy) is 1. The summed E-state index contributed by atoms with van der Waals surface area (Å²) in [5, 5.41) is 3.28. The smallest absolute Gasteiger partial charge is 0.219 e. The number of hydrogen-bond donors (Lipinski definition) is 1. The summed E-state index contributed by atoms with van der Waals surface area (Å²) in [6, 6.07) is 4.87. The lowest BCUT2D eigenvalue weighted by Crippen LogP contribution is -2.47. The Hall–Kier alpha value is -1.62. The van der Waals surface area contributed by atoms with Gasteiger partial charge < -0.3 is 15.0 Å². The van der Waals surface area contributed by atoms with E-state index < -0.39 is 0 Å². The van der Waals surface area contributed by atoms with Crippen LogP contribution in [0.2, 0.25) is 0 Å². The van der Waals surface area contributed by atoms with E-state index in [4.69, 9.17) is 4.74 Å². The maximum atomic E-state index is 13.6. The van der Waals surface area contributed by atoms with Crippen LogP contribution < -0.4 is 10.1 Å². The highest BCUT2D eigenvalue weighted by molar-refractivity contribution is 5.73. The van der Waals surface area contributed by atoms with Crippen LogP contribution in [0.3, 0.4) is 0 Å². The minimum absolute atomic E-state index is 0.0249. The van der Waals surface area contributed by atoms with Crippen molar-refractivity contribution in [1.29, 1.82) is 0 Å². The Kier molecular flexibility index (Phi) is 3.81. The van der Waals surface area contributed by atoms with Gasteiger partial charge in [0.1, 0.15) is 0 Å². The molecule has 0 bridgehead atoms. The predicted octanol–water partition coefficient (Wildman–Crippen LogP) is 1.33. The van der Waals surface area contributed by atoms with Crippen molar-refractivity contribution >= 4 is 5.91 Å². The highest BCUT2D eigenvalue weighted by Crippen LogP contribution is 2.23. The lowest BCUT2D eigenvalue weighted by Gasteiger charge is -2.33. The number of benzene rings is 1. The molecule has 1 aliphatic rings. The Labute approximate surface area is 106 Å². The van der Waals surface area contributed by atoms with Gasteiger partial charge in [0.05, 0.1) is 13.2 Å². The molecule has 0 saturated carbocycles. The summed E-state index contributed by atoms with van der Waals surface area (Å²) < 4.78 is 18.5. The van der Waals surface area contributed by atoms with Gasteiger partial charge in [-0.05, 0) is 17.7 Å². The molecule has 0 aromatic heterocycles. The fourth-order valence-electron chi connectivity index (χ4n) is 2.16. The Bertz CT molecular complexity index is 451. The van der Waals surface area contributed by atoms with Gasteiger partial charge in [0.25, 0.3) is 0 Å². The molecule has 2 rings (SSSR count). The van der Waals surface area contributed by atoms with Crippen LogP contribution in [0, 0.1) is 5.82 Å². The lowest BCUT2D eigenvalue weighted by atomic mass is 10.0. The van der Waals surface area contributed by atoms with Crippen LogP contribution in [0.5, 0.6) is 5.75 Å². The van der Waals surface area contributed by atoms with Gasteiger partial charge in [-0.2, -0.15) is 0 Å². The normalized spacial score (nSPS) is 19.7. The van der Waals surface area contributed by atoms with E-state index in [2.05, 4.69) is 5.32 Å². The van der Waals surface area contributed by atoms with E-state index in [0.29, 0.717) is 13.1 Å². The Morgan fingerprint density at radius 1 is 1.56 bits per heavy atom. The first-order chi connectivity index (χ1) is 8.61. The largest absolute Gasteiger partial charge is 0.494 e. The van der Waals surface area contributed by atoms with Gasteiger partial charge in [-0.15, -0.1) is 0 Å². The molecular weight excluding hydrogens is 235 g/mol. The molecule has 1 N–H and O–H groups in total. The first kappa shape index (κ1) is 12.8. The van der Waals surface area contributed by atoms with Gasteiger partial charge in [-0.3, -0.25) is 4.79 Å². The van der Waals surface area contributed by atoms with Crippen LogP contribution in [0.4, 0.5) is 4.39 Å². The molecule has 1 fully saturated rings. The van der Waals surface area contributed by atoms with E-state index in [1.54, 1.807) is 17.9 Å². The van der Waals surface area contributed by atoms with Gasteiger partial charge >= 0.3 is 0 Å². The monoisotopic (exact) mass is 252 g/mol. The third kappa shape index (κ3) is 2.61. The molecule has 1 saturated heterocycles. The Morgan fingerprint density at radius 3 is 2.94 bits per heavy atom. The van der Waals surface area contributed by atoms with Gasteiger partial charge in [-0.25, -0.2) is 4.39 Å². The second-order valence-corrected chi connectivity index (χ2v) is 4.37. The second kappa shape index (κ2) is 5.35. The molecule has 0 spiro atoms. The molecule has 0 aliphatic carbocycles. The summed E-state index contributed by atoms with van der Waals surface area (Å²) in [7, 11) is 1.44. The minimum Gasteiger partial charge on any atom is -0.494 e. The molecule has 1 aromatic carbocycles. The summed E-state index contributed by atoms with van der Waals surface area (Å²) >= 11 is 0. The molecule has 1 amide bonds. The number of rotatable bonds is 2. The predicted molar refractivity (Wildman–Crippen MR) is 65.9 cm³/mol. The van der Waals surface area contributed by atoms with E-state index in [1.807, 2.05) is 6.07 Å². The highest BCUT2D eigenvalue weighted by atomic mass is 19.1. The molecule has 0 radical (unpaired) electrons. The molecule has 98 valence electrons. The average molecular weight is 252 g/mol. The maximum Gasteiger partial charge on any atom is 0.219 e. The molecule has 1 aromatic rings. The SMILES string of the molecule is COc1ccc(C2CN(C(C)=O)CCN2)cc1F. The van der Waals surface area contributed by atoms with Crippen molar-refractivity contribution in [3.8, 4) is 5.75 Å². The van der Waals surface area contributed by atoms with E-state index >= 15 is 0 Å². The van der Waals surface area contributed by atoms with Crippen LogP contribution in [-0.4, -0.2) is 37.6 Å². The molecular formula is C13H17FN2O2. The topological polar surface area (TPSA) is 41.6 Å². The number of hydrogen-bond acceptors (Lipinski definition) is 3.